The van der Waals surface area contributed by atoms with Gasteiger partial charge in [0.05, 0.1) is 98.3 Å². The molecule has 2 saturated heterocycles. The number of aromatic amines is 3. The fourth-order valence-corrected chi connectivity index (χ4v) is 8.76. The van der Waals surface area contributed by atoms with Crippen LogP contribution in [0, 0.1) is 0 Å². The summed E-state index contributed by atoms with van der Waals surface area (Å²) in [7, 11) is 0. The van der Waals surface area contributed by atoms with E-state index in [4.69, 9.17) is 65.6 Å². The summed E-state index contributed by atoms with van der Waals surface area (Å²) in [4.78, 5) is 122. The number of urea groups is 1. The second kappa shape index (κ2) is 37.1. The molecule has 2 aliphatic rings. The lowest BCUT2D eigenvalue weighted by molar-refractivity contribution is -0.198. The second-order valence-corrected chi connectivity index (χ2v) is 20.8. The average molecular weight is 1360 g/mol. The monoisotopic (exact) mass is 1360 g/mol. The fraction of sp³-hybridized carbons (Fsp3) is 0.361. The number of imidazole rings is 3. The molecule has 6 aromatic heterocycles. The van der Waals surface area contributed by atoms with Crippen LogP contribution in [0.15, 0.2) is 91.8 Å². The zero-order valence-corrected chi connectivity index (χ0v) is 52.9. The molecule has 0 atom stereocenters. The molecule has 6 amide bonds. The van der Waals surface area contributed by atoms with Crippen LogP contribution in [-0.2, 0) is 96.9 Å². The topological polar surface area (TPSA) is 502 Å². The van der Waals surface area contributed by atoms with Gasteiger partial charge in [0.1, 0.15) is 36.4 Å². The third-order valence-corrected chi connectivity index (χ3v) is 13.6. The first-order chi connectivity index (χ1) is 47.7. The third kappa shape index (κ3) is 22.1. The van der Waals surface area contributed by atoms with Gasteiger partial charge < -0.3 is 91.2 Å². The van der Waals surface area contributed by atoms with Gasteiger partial charge in [0.2, 0.25) is 35.5 Å². The molecular formula is C61H72N20O17. The number of aromatic nitrogens is 12. The smallest absolute Gasteiger partial charge is 0.471 e. The molecule has 13 N–H and O–H groups in total. The quantitative estimate of drug-likeness (QED) is 0.0207. The number of anilines is 3. The van der Waals surface area contributed by atoms with Crippen LogP contribution in [0.5, 0.6) is 17.6 Å². The maximum absolute atomic E-state index is 12.0. The highest BCUT2D eigenvalue weighted by molar-refractivity contribution is 6.02. The van der Waals surface area contributed by atoms with Gasteiger partial charge in [-0.1, -0.05) is 82.9 Å². The Labute approximate surface area is 557 Å². The van der Waals surface area contributed by atoms with Gasteiger partial charge in [-0.15, -0.1) is 0 Å². The Morgan fingerprint density at radius 2 is 0.684 bits per heavy atom. The largest absolute Gasteiger partial charge is 0.560 e. The van der Waals surface area contributed by atoms with E-state index in [1.807, 2.05) is 72.8 Å². The van der Waals surface area contributed by atoms with Crippen LogP contribution >= 0.6 is 0 Å². The molecule has 2 aliphatic heterocycles. The Hall–Kier alpha value is -11.3. The van der Waals surface area contributed by atoms with Crippen molar-refractivity contribution < 1.29 is 81.1 Å². The van der Waals surface area contributed by atoms with Crippen molar-refractivity contribution in [3.63, 3.8) is 0 Å². The highest BCUT2D eigenvalue weighted by Crippen LogP contribution is 2.25. The van der Waals surface area contributed by atoms with Crippen molar-refractivity contribution in [2.75, 3.05) is 96.3 Å². The van der Waals surface area contributed by atoms with Crippen molar-refractivity contribution in [2.24, 2.45) is 5.73 Å². The minimum Gasteiger partial charge on any atom is -0.471 e. The fourth-order valence-electron chi connectivity index (χ4n) is 8.76. The third-order valence-electron chi connectivity index (χ3n) is 13.6. The molecule has 11 rings (SSSR count). The zero-order valence-electron chi connectivity index (χ0n) is 52.9. The molecule has 37 nitrogen and oxygen atoms in total. The maximum Gasteiger partial charge on any atom is 0.560 e. The van der Waals surface area contributed by atoms with Crippen molar-refractivity contribution in [1.82, 2.24) is 80.6 Å². The SMILES string of the molecule is NCCOCCOCc1ccc(COc2nc(N)nc3nc[nH]c23)cc1.Nc1nc(OCc2ccc(COCCOCCNC(=O)NCCOCCOCc3ccc(COc4nc(N)nc5nc[nH]c45)cc3)cc2)c2[nH]cnc2n1.O=C(ON1C(=O)CCC1=O)ON1C(=O)CCC1=O. The minimum absolute atomic E-state index is 0.0618. The second-order valence-electron chi connectivity index (χ2n) is 20.8. The molecule has 9 aromatic rings. The van der Waals surface area contributed by atoms with Crippen molar-refractivity contribution >= 4 is 87.2 Å². The lowest BCUT2D eigenvalue weighted by atomic mass is 10.1. The Morgan fingerprint density at radius 1 is 0.398 bits per heavy atom. The van der Waals surface area contributed by atoms with Crippen LogP contribution in [-0.4, -0.2) is 185 Å². The summed E-state index contributed by atoms with van der Waals surface area (Å²) < 4.78 is 50.7. The Balaban J connectivity index is 0.000000209. The van der Waals surface area contributed by atoms with Crippen LogP contribution < -0.4 is 47.8 Å². The number of H-pyrrole nitrogens is 3. The number of carbonyl (C=O) groups is 6. The number of hydrogen-bond donors (Lipinski definition) is 9. The highest BCUT2D eigenvalue weighted by Gasteiger charge is 2.37. The van der Waals surface area contributed by atoms with Gasteiger partial charge in [0, 0.05) is 45.3 Å². The first-order valence-electron chi connectivity index (χ1n) is 30.6. The van der Waals surface area contributed by atoms with Gasteiger partial charge in [-0.3, -0.25) is 28.9 Å². The standard InChI is InChI=1S/C35H42N12O7.C17H22N6O3.C9H8N2O7/c36-33-44-29-27(40-21-42-29)31(46-33)53-19-25-5-1-23(2-6-25)17-51-15-13-49-11-9-38-35(48)39-10-12-50-14-16-52-18-24-3-7-26(8-4-24)20-54-32-28-30(43-22-41-28)45-34(37)47-32;18-5-6-24-7-8-25-9-12-1-3-13(4-2-12)10-26-16-14-15(21-11-20-14)22-17(19)23-16;12-5-1-2-6(13)10(5)17-9(16)18-11-7(14)3-4-8(11)15/h1-8,21-22H,9-20H2,(H2,38,39,48)(H3,36,40,42,44,46)(H3,37,41,43,45,47);1-4,11H,5-10,18H2,(H3,19,20,21,22,23);1-4H2. The summed E-state index contributed by atoms with van der Waals surface area (Å²) in [5.74, 6) is -1.32. The summed E-state index contributed by atoms with van der Waals surface area (Å²) in [6.07, 6.45) is 2.83. The number of nitrogens with zero attached hydrogens (tertiary/aromatic N) is 11. The van der Waals surface area contributed by atoms with E-state index in [2.05, 4.69) is 80.1 Å². The molecular weight excluding hydrogens is 1280 g/mol. The molecule has 8 heterocycles. The van der Waals surface area contributed by atoms with Crippen LogP contribution in [0.4, 0.5) is 27.4 Å². The molecule has 0 aliphatic carbocycles. The first kappa shape index (κ1) is 71.0. The number of hydroxylamine groups is 4. The lowest BCUT2D eigenvalue weighted by Gasteiger charge is -2.15. The number of imide groups is 2. The van der Waals surface area contributed by atoms with Gasteiger partial charge in [0.25, 0.3) is 23.6 Å². The first-order valence-corrected chi connectivity index (χ1v) is 30.6. The van der Waals surface area contributed by atoms with Gasteiger partial charge >= 0.3 is 12.2 Å². The van der Waals surface area contributed by atoms with E-state index in [1.165, 1.54) is 19.0 Å². The molecule has 2 fully saturated rings. The Morgan fingerprint density at radius 3 is 0.990 bits per heavy atom. The van der Waals surface area contributed by atoms with Crippen LogP contribution in [0.3, 0.4) is 0 Å². The zero-order chi connectivity index (χ0) is 68.9. The van der Waals surface area contributed by atoms with E-state index >= 15 is 0 Å². The normalized spacial score (nSPS) is 12.8. The molecule has 0 saturated carbocycles. The number of amides is 6. The van der Waals surface area contributed by atoms with E-state index in [0.717, 1.165) is 33.4 Å². The molecule has 0 bridgehead atoms. The van der Waals surface area contributed by atoms with E-state index in [-0.39, 0.29) is 59.7 Å². The Kier molecular flexibility index (Phi) is 26.8. The van der Waals surface area contributed by atoms with Crippen molar-refractivity contribution in [3.05, 3.63) is 125 Å². The molecule has 0 radical (unpaired) electrons. The summed E-state index contributed by atoms with van der Waals surface area (Å²) >= 11 is 0. The van der Waals surface area contributed by atoms with Crippen molar-refractivity contribution in [2.45, 2.75) is 65.3 Å². The van der Waals surface area contributed by atoms with Crippen LogP contribution in [0.1, 0.15) is 59.1 Å². The summed E-state index contributed by atoms with van der Waals surface area (Å²) in [5, 5.41) is 6.01. The number of carbonyl (C=O) groups excluding carboxylic acids is 6. The maximum atomic E-state index is 12.0. The molecule has 518 valence electrons. The van der Waals surface area contributed by atoms with E-state index in [9.17, 15) is 28.8 Å². The highest BCUT2D eigenvalue weighted by atomic mass is 16.9. The predicted molar refractivity (Wildman–Crippen MR) is 342 cm³/mol. The van der Waals surface area contributed by atoms with E-state index < -0.39 is 29.8 Å². The molecule has 0 spiro atoms. The van der Waals surface area contributed by atoms with Gasteiger partial charge in [-0.2, -0.15) is 34.7 Å². The molecule has 37 heteroatoms. The van der Waals surface area contributed by atoms with Gasteiger partial charge in [-0.25, -0.2) is 19.7 Å². The van der Waals surface area contributed by atoms with Crippen LogP contribution in [0.25, 0.3) is 33.5 Å². The van der Waals surface area contributed by atoms with Gasteiger partial charge in [-0.05, 0) is 33.4 Å². The minimum atomic E-state index is -1.48. The number of nitrogens with one attached hydrogen (secondary N) is 5. The van der Waals surface area contributed by atoms with E-state index in [1.54, 1.807) is 0 Å². The number of nitrogen functional groups attached to an aromatic ring is 3. The number of rotatable bonds is 34. The molecule has 0 unspecified atom stereocenters. The number of ether oxygens (including phenoxy) is 9. The number of hydrogen-bond acceptors (Lipinski definition) is 30. The summed E-state index contributed by atoms with van der Waals surface area (Å²) in [5.41, 5.74) is 31.7. The number of fused-ring (bicyclic) bond motifs is 3. The van der Waals surface area contributed by atoms with E-state index in [0.29, 0.717) is 170 Å². The lowest BCUT2D eigenvalue weighted by Crippen LogP contribution is -2.39. The predicted octanol–water partition coefficient (Wildman–Crippen LogP) is 2.68. The van der Waals surface area contributed by atoms with Crippen LogP contribution in [0.2, 0.25) is 0 Å². The molecule has 98 heavy (non-hydrogen) atoms. The summed E-state index contributed by atoms with van der Waals surface area (Å²) in [6, 6.07) is 23.4. The van der Waals surface area contributed by atoms with Gasteiger partial charge in [0.15, 0.2) is 16.9 Å². The van der Waals surface area contributed by atoms with Crippen molar-refractivity contribution in [3.8, 4) is 17.6 Å². The summed E-state index contributed by atoms with van der Waals surface area (Å²) in [6.45, 7) is 7.73. The Bertz CT molecular complexity index is 3850. The average Bonchev–Trinajstić information content (AvgIpc) is 1.62. The van der Waals surface area contributed by atoms with Crippen molar-refractivity contribution in [1.29, 1.82) is 0 Å². The number of benzene rings is 3. The molecule has 3 aromatic carbocycles. The number of nitrogens with two attached hydrogens (primary N) is 4.